The van der Waals surface area contributed by atoms with Gasteiger partial charge < -0.3 is 5.32 Å². The molecule has 1 amide bonds. The van der Waals surface area contributed by atoms with Crippen LogP contribution in [0.2, 0.25) is 0 Å². The third-order valence-corrected chi connectivity index (χ3v) is 7.12. The average molecular weight is 410 g/mol. The van der Waals surface area contributed by atoms with Gasteiger partial charge in [-0.3, -0.25) is 9.78 Å². The number of anilines is 1. The van der Waals surface area contributed by atoms with E-state index in [2.05, 4.69) is 10.3 Å². The molecule has 1 N–H and O–H groups in total. The minimum atomic E-state index is -3.38. The first kappa shape index (κ1) is 19.5. The van der Waals surface area contributed by atoms with Crippen molar-refractivity contribution in [2.45, 2.75) is 18.6 Å². The summed E-state index contributed by atoms with van der Waals surface area (Å²) in [4.78, 5) is 17.0. The molecule has 0 saturated carbocycles. The van der Waals surface area contributed by atoms with Crippen LogP contribution < -0.4 is 5.32 Å². The molecule has 1 aliphatic heterocycles. The summed E-state index contributed by atoms with van der Waals surface area (Å²) >= 11 is 0. The summed E-state index contributed by atoms with van der Waals surface area (Å²) in [5.74, 6) is -0.292. The molecule has 1 aromatic heterocycles. The van der Waals surface area contributed by atoms with E-state index in [0.717, 1.165) is 16.5 Å². The number of amides is 1. The Labute approximate surface area is 170 Å². The van der Waals surface area contributed by atoms with Crippen molar-refractivity contribution < 1.29 is 13.2 Å². The lowest BCUT2D eigenvalue weighted by Gasteiger charge is -2.30. The second-order valence-corrected chi connectivity index (χ2v) is 9.29. The Kier molecular flexibility index (Phi) is 5.60. The Bertz CT molecular complexity index is 1110. The van der Waals surface area contributed by atoms with Crippen LogP contribution >= 0.6 is 0 Å². The van der Waals surface area contributed by atoms with E-state index < -0.39 is 10.0 Å². The van der Waals surface area contributed by atoms with Gasteiger partial charge in [0.05, 0.1) is 23.2 Å². The molecule has 1 saturated heterocycles. The molecule has 2 aromatic carbocycles. The van der Waals surface area contributed by atoms with E-state index in [1.165, 1.54) is 4.31 Å². The molecule has 0 spiro atoms. The van der Waals surface area contributed by atoms with E-state index >= 15 is 0 Å². The summed E-state index contributed by atoms with van der Waals surface area (Å²) in [6, 6.07) is 18.8. The number of sulfonamides is 1. The molecule has 0 atom stereocenters. The molecular formula is C22H23N3O3S. The Morgan fingerprint density at radius 3 is 2.48 bits per heavy atom. The monoisotopic (exact) mass is 409 g/mol. The molecule has 6 nitrogen and oxygen atoms in total. The van der Waals surface area contributed by atoms with Gasteiger partial charge in [0.15, 0.2) is 0 Å². The lowest BCUT2D eigenvalue weighted by molar-refractivity contribution is -0.120. The third-order valence-electron chi connectivity index (χ3n) is 5.27. The molecule has 2 heterocycles. The molecule has 0 unspecified atom stereocenters. The maximum atomic E-state index is 12.7. The Hall–Kier alpha value is -2.77. The van der Waals surface area contributed by atoms with Crippen molar-refractivity contribution in [3.05, 3.63) is 72.4 Å². The number of pyridine rings is 1. The number of carbonyl (C=O) groups is 1. The Morgan fingerprint density at radius 2 is 1.72 bits per heavy atom. The zero-order chi connectivity index (χ0) is 20.3. The fourth-order valence-electron chi connectivity index (χ4n) is 3.66. The highest BCUT2D eigenvalue weighted by molar-refractivity contribution is 7.88. The quantitative estimate of drug-likeness (QED) is 0.700. The van der Waals surface area contributed by atoms with Crippen molar-refractivity contribution in [3.63, 3.8) is 0 Å². The zero-order valence-corrected chi connectivity index (χ0v) is 16.8. The highest BCUT2D eigenvalue weighted by Gasteiger charge is 2.31. The number of aromatic nitrogens is 1. The molecule has 7 heteroatoms. The molecule has 0 bridgehead atoms. The predicted octanol–water partition coefficient (Wildman–Crippen LogP) is 3.42. The summed E-state index contributed by atoms with van der Waals surface area (Å²) < 4.78 is 26.8. The molecule has 3 aromatic rings. The van der Waals surface area contributed by atoms with Crippen LogP contribution in [0.5, 0.6) is 0 Å². The molecule has 0 radical (unpaired) electrons. The number of para-hydroxylation sites is 1. The van der Waals surface area contributed by atoms with Gasteiger partial charge in [-0.25, -0.2) is 12.7 Å². The standard InChI is InChI=1S/C22H23N3O3S/c26-22(24-20-14-19-8-4-5-9-21(19)23-15-20)18-10-12-25(13-11-18)29(27,28)16-17-6-2-1-3-7-17/h1-9,14-15,18H,10-13,16H2,(H,24,26). The van der Waals surface area contributed by atoms with E-state index in [4.69, 9.17) is 0 Å². The highest BCUT2D eigenvalue weighted by atomic mass is 32.2. The van der Waals surface area contributed by atoms with Gasteiger partial charge in [-0.2, -0.15) is 0 Å². The first-order valence-electron chi connectivity index (χ1n) is 9.69. The Balaban J connectivity index is 1.35. The van der Waals surface area contributed by atoms with E-state index in [1.54, 1.807) is 6.20 Å². The van der Waals surface area contributed by atoms with E-state index in [9.17, 15) is 13.2 Å². The van der Waals surface area contributed by atoms with E-state index in [1.807, 2.05) is 60.7 Å². The summed E-state index contributed by atoms with van der Waals surface area (Å²) in [5, 5.41) is 3.89. The topological polar surface area (TPSA) is 79.4 Å². The summed E-state index contributed by atoms with van der Waals surface area (Å²) in [5.41, 5.74) is 2.31. The maximum absolute atomic E-state index is 12.7. The van der Waals surface area contributed by atoms with Crippen LogP contribution in [0.1, 0.15) is 18.4 Å². The number of nitrogens with one attached hydrogen (secondary N) is 1. The van der Waals surface area contributed by atoms with Crippen molar-refractivity contribution >= 4 is 32.5 Å². The van der Waals surface area contributed by atoms with Gasteiger partial charge in [-0.1, -0.05) is 48.5 Å². The van der Waals surface area contributed by atoms with E-state index in [-0.39, 0.29) is 17.6 Å². The summed E-state index contributed by atoms with van der Waals surface area (Å²) in [6.07, 6.45) is 2.68. The minimum Gasteiger partial charge on any atom is -0.324 e. The number of nitrogens with zero attached hydrogens (tertiary/aromatic N) is 2. The molecule has 29 heavy (non-hydrogen) atoms. The number of rotatable bonds is 5. The summed E-state index contributed by atoms with van der Waals surface area (Å²) in [7, 11) is -3.38. The van der Waals surface area contributed by atoms with Crippen LogP contribution in [-0.2, 0) is 20.6 Å². The predicted molar refractivity (Wildman–Crippen MR) is 114 cm³/mol. The number of hydrogen-bond acceptors (Lipinski definition) is 4. The lowest BCUT2D eigenvalue weighted by atomic mass is 9.97. The maximum Gasteiger partial charge on any atom is 0.227 e. The first-order chi connectivity index (χ1) is 14.0. The molecule has 4 rings (SSSR count). The molecule has 0 aliphatic carbocycles. The molecule has 1 aliphatic rings. The van der Waals surface area contributed by atoms with Crippen molar-refractivity contribution in [3.8, 4) is 0 Å². The number of fused-ring (bicyclic) bond motifs is 1. The normalized spacial score (nSPS) is 16.0. The first-order valence-corrected chi connectivity index (χ1v) is 11.3. The van der Waals surface area contributed by atoms with Crippen molar-refractivity contribution in [2.24, 2.45) is 5.92 Å². The van der Waals surface area contributed by atoms with Crippen molar-refractivity contribution in [1.29, 1.82) is 0 Å². The second kappa shape index (κ2) is 8.31. The largest absolute Gasteiger partial charge is 0.324 e. The molecule has 150 valence electrons. The van der Waals surface area contributed by atoms with Crippen LogP contribution in [0, 0.1) is 5.92 Å². The van der Waals surface area contributed by atoms with Crippen molar-refractivity contribution in [2.75, 3.05) is 18.4 Å². The van der Waals surface area contributed by atoms with Gasteiger partial charge in [0.2, 0.25) is 15.9 Å². The second-order valence-electron chi connectivity index (χ2n) is 7.32. The average Bonchev–Trinajstić information content (AvgIpc) is 2.74. The SMILES string of the molecule is O=C(Nc1cnc2ccccc2c1)C1CCN(S(=O)(=O)Cc2ccccc2)CC1. The van der Waals surface area contributed by atoms with Gasteiger partial charge in [0.1, 0.15) is 0 Å². The zero-order valence-electron chi connectivity index (χ0n) is 16.0. The van der Waals surface area contributed by atoms with Gasteiger partial charge in [-0.15, -0.1) is 0 Å². The van der Waals surface area contributed by atoms with Crippen LogP contribution in [0.15, 0.2) is 66.9 Å². The minimum absolute atomic E-state index is 0.00649. The number of benzene rings is 2. The van der Waals surface area contributed by atoms with Gasteiger partial charge >= 0.3 is 0 Å². The number of piperidine rings is 1. The number of hydrogen-bond donors (Lipinski definition) is 1. The fourth-order valence-corrected chi connectivity index (χ4v) is 5.22. The van der Waals surface area contributed by atoms with Crippen LogP contribution in [0.4, 0.5) is 5.69 Å². The van der Waals surface area contributed by atoms with Gasteiger partial charge in [0.25, 0.3) is 0 Å². The van der Waals surface area contributed by atoms with Gasteiger partial charge in [0, 0.05) is 24.4 Å². The smallest absolute Gasteiger partial charge is 0.227 e. The van der Waals surface area contributed by atoms with Crippen LogP contribution in [-0.4, -0.2) is 36.7 Å². The third kappa shape index (κ3) is 4.63. The lowest BCUT2D eigenvalue weighted by Crippen LogP contribution is -2.41. The van der Waals surface area contributed by atoms with Crippen molar-refractivity contribution in [1.82, 2.24) is 9.29 Å². The Morgan fingerprint density at radius 1 is 1.03 bits per heavy atom. The van der Waals surface area contributed by atoms with Crippen LogP contribution in [0.25, 0.3) is 10.9 Å². The molecular weight excluding hydrogens is 386 g/mol. The molecule has 1 fully saturated rings. The summed E-state index contributed by atoms with van der Waals surface area (Å²) in [6.45, 7) is 0.729. The van der Waals surface area contributed by atoms with E-state index in [0.29, 0.717) is 31.6 Å². The highest BCUT2D eigenvalue weighted by Crippen LogP contribution is 2.24. The van der Waals surface area contributed by atoms with Crippen LogP contribution in [0.3, 0.4) is 0 Å². The van der Waals surface area contributed by atoms with Gasteiger partial charge in [-0.05, 0) is 30.5 Å². The fraction of sp³-hybridized carbons (Fsp3) is 0.273. The number of carbonyl (C=O) groups excluding carboxylic acids is 1.